The highest BCUT2D eigenvalue weighted by Gasteiger charge is 2.40. The number of ketones is 1. The van der Waals surface area contributed by atoms with E-state index in [9.17, 15) is 9.59 Å². The fourth-order valence-corrected chi connectivity index (χ4v) is 0.832. The van der Waals surface area contributed by atoms with Crippen LogP contribution < -0.4 is 0 Å². The maximum atomic E-state index is 10.4. The molecule has 1 aliphatic rings. The number of aldehydes is 1. The average molecular weight is 112 g/mol. The van der Waals surface area contributed by atoms with Gasteiger partial charge < -0.3 is 4.79 Å². The Morgan fingerprint density at radius 1 is 1.75 bits per heavy atom. The zero-order valence-corrected chi connectivity index (χ0v) is 4.76. The van der Waals surface area contributed by atoms with Crippen LogP contribution in [0.5, 0.6) is 0 Å². The predicted molar refractivity (Wildman–Crippen MR) is 28.3 cm³/mol. The fourth-order valence-electron chi connectivity index (χ4n) is 0.832. The number of carbonyl (C=O) groups is 2. The quantitative estimate of drug-likeness (QED) is 0.485. The van der Waals surface area contributed by atoms with E-state index in [2.05, 4.69) is 0 Å². The molecular formula is C6H8O2. The highest BCUT2D eigenvalue weighted by molar-refractivity contribution is 5.85. The molecule has 0 saturated heterocycles. The molecule has 44 valence electrons. The smallest absolute Gasteiger partial charge is 0.133 e. The van der Waals surface area contributed by atoms with E-state index >= 15 is 0 Å². The summed E-state index contributed by atoms with van der Waals surface area (Å²) in [6.07, 6.45) is 1.66. The molecule has 0 spiro atoms. The van der Waals surface area contributed by atoms with Crippen molar-refractivity contribution < 1.29 is 9.59 Å². The molecule has 2 heteroatoms. The summed E-state index contributed by atoms with van der Waals surface area (Å²) in [7, 11) is 0. The summed E-state index contributed by atoms with van der Waals surface area (Å²) in [5.74, 6) is 0.294. The van der Waals surface area contributed by atoms with Crippen LogP contribution in [0.3, 0.4) is 0 Å². The van der Waals surface area contributed by atoms with Crippen LogP contribution >= 0.6 is 0 Å². The molecule has 1 aliphatic carbocycles. The summed E-state index contributed by atoms with van der Waals surface area (Å²) >= 11 is 0. The van der Waals surface area contributed by atoms with Crippen molar-refractivity contribution in [2.75, 3.05) is 0 Å². The Hall–Kier alpha value is -0.660. The molecule has 8 heavy (non-hydrogen) atoms. The van der Waals surface area contributed by atoms with Crippen LogP contribution in [0.1, 0.15) is 13.3 Å². The Labute approximate surface area is 47.9 Å². The second-order valence-electron chi connectivity index (χ2n) is 2.25. The van der Waals surface area contributed by atoms with E-state index in [0.29, 0.717) is 0 Å². The molecule has 2 atom stereocenters. The molecule has 0 radical (unpaired) electrons. The van der Waals surface area contributed by atoms with Gasteiger partial charge in [0.2, 0.25) is 0 Å². The molecule has 0 N–H and O–H groups in total. The van der Waals surface area contributed by atoms with Gasteiger partial charge in [0.15, 0.2) is 0 Å². The second kappa shape index (κ2) is 1.69. The summed E-state index contributed by atoms with van der Waals surface area (Å²) in [5.41, 5.74) is 0. The van der Waals surface area contributed by atoms with Gasteiger partial charge in [0.25, 0.3) is 0 Å². The van der Waals surface area contributed by atoms with Gasteiger partial charge >= 0.3 is 0 Å². The van der Waals surface area contributed by atoms with E-state index in [4.69, 9.17) is 0 Å². The largest absolute Gasteiger partial charge is 0.303 e. The zero-order chi connectivity index (χ0) is 6.15. The third-order valence-corrected chi connectivity index (χ3v) is 1.54. The topological polar surface area (TPSA) is 34.1 Å². The maximum Gasteiger partial charge on any atom is 0.133 e. The number of Topliss-reactive ketones (excluding diaryl/α,β-unsaturated/α-hetero) is 1. The first-order chi connectivity index (χ1) is 3.75. The van der Waals surface area contributed by atoms with Gasteiger partial charge in [-0.1, -0.05) is 0 Å². The van der Waals surface area contributed by atoms with Crippen molar-refractivity contribution in [2.45, 2.75) is 13.3 Å². The Morgan fingerprint density at radius 2 is 2.38 bits per heavy atom. The lowest BCUT2D eigenvalue weighted by atomic mass is 10.2. The minimum Gasteiger partial charge on any atom is -0.303 e. The van der Waals surface area contributed by atoms with Crippen LogP contribution in [0.15, 0.2) is 0 Å². The lowest BCUT2D eigenvalue weighted by molar-refractivity contribution is -0.119. The molecule has 0 heterocycles. The highest BCUT2D eigenvalue weighted by atomic mass is 16.1. The summed E-state index contributed by atoms with van der Waals surface area (Å²) in [5, 5.41) is 0. The third-order valence-electron chi connectivity index (χ3n) is 1.54. The van der Waals surface area contributed by atoms with Gasteiger partial charge in [-0.3, -0.25) is 4.79 Å². The normalized spacial score (nSPS) is 34.1. The van der Waals surface area contributed by atoms with Gasteiger partial charge in [-0.25, -0.2) is 0 Å². The summed E-state index contributed by atoms with van der Waals surface area (Å²) in [4.78, 5) is 20.3. The maximum absolute atomic E-state index is 10.4. The van der Waals surface area contributed by atoms with Gasteiger partial charge in [0.05, 0.1) is 0 Å². The number of hydrogen-bond acceptors (Lipinski definition) is 2. The van der Waals surface area contributed by atoms with Crippen molar-refractivity contribution in [3.8, 4) is 0 Å². The first-order valence-electron chi connectivity index (χ1n) is 2.71. The van der Waals surface area contributed by atoms with Crippen molar-refractivity contribution in [1.29, 1.82) is 0 Å². The van der Waals surface area contributed by atoms with Crippen LogP contribution in [-0.4, -0.2) is 12.1 Å². The second-order valence-corrected chi connectivity index (χ2v) is 2.25. The summed E-state index contributed by atoms with van der Waals surface area (Å²) < 4.78 is 0. The van der Waals surface area contributed by atoms with E-state index in [1.54, 1.807) is 0 Å². The predicted octanol–water partition coefficient (Wildman–Crippen LogP) is 0.410. The molecule has 0 amide bonds. The van der Waals surface area contributed by atoms with Crippen molar-refractivity contribution in [1.82, 2.24) is 0 Å². The molecule has 1 rings (SSSR count). The van der Waals surface area contributed by atoms with Crippen molar-refractivity contribution in [3.63, 3.8) is 0 Å². The van der Waals surface area contributed by atoms with Gasteiger partial charge in [0.1, 0.15) is 12.1 Å². The number of rotatable bonds is 2. The van der Waals surface area contributed by atoms with Crippen molar-refractivity contribution >= 4 is 12.1 Å². The third kappa shape index (κ3) is 0.782. The van der Waals surface area contributed by atoms with Gasteiger partial charge in [-0.15, -0.1) is 0 Å². The van der Waals surface area contributed by atoms with Crippen LogP contribution in [0.4, 0.5) is 0 Å². The molecule has 2 nitrogen and oxygen atoms in total. The van der Waals surface area contributed by atoms with Gasteiger partial charge in [-0.2, -0.15) is 0 Å². The monoisotopic (exact) mass is 112 g/mol. The molecule has 0 aliphatic heterocycles. The summed E-state index contributed by atoms with van der Waals surface area (Å²) in [6.45, 7) is 1.54. The molecule has 0 aromatic carbocycles. The molecular weight excluding hydrogens is 104 g/mol. The Kier molecular flexibility index (Phi) is 1.16. The van der Waals surface area contributed by atoms with Crippen LogP contribution in [0.25, 0.3) is 0 Å². The molecule has 1 saturated carbocycles. The number of carbonyl (C=O) groups excluding carboxylic acids is 2. The van der Waals surface area contributed by atoms with E-state index in [0.717, 1.165) is 12.7 Å². The van der Waals surface area contributed by atoms with Gasteiger partial charge in [0, 0.05) is 11.8 Å². The molecule has 1 fully saturated rings. The first kappa shape index (κ1) is 5.48. The minimum atomic E-state index is 0.0625. The molecule has 0 aromatic rings. The van der Waals surface area contributed by atoms with Crippen LogP contribution in [0.2, 0.25) is 0 Å². The van der Waals surface area contributed by atoms with Crippen LogP contribution in [-0.2, 0) is 9.59 Å². The van der Waals surface area contributed by atoms with Gasteiger partial charge in [-0.05, 0) is 13.3 Å². The lowest BCUT2D eigenvalue weighted by Gasteiger charge is -1.80. The van der Waals surface area contributed by atoms with Crippen molar-refractivity contribution in [2.24, 2.45) is 11.8 Å². The summed E-state index contributed by atoms with van der Waals surface area (Å²) in [6, 6.07) is 0. The van der Waals surface area contributed by atoms with E-state index in [-0.39, 0.29) is 17.6 Å². The van der Waals surface area contributed by atoms with E-state index < -0.39 is 0 Å². The zero-order valence-electron chi connectivity index (χ0n) is 4.76. The van der Waals surface area contributed by atoms with E-state index in [1.807, 2.05) is 0 Å². The molecule has 2 unspecified atom stereocenters. The Balaban J connectivity index is 2.36. The Bertz CT molecular complexity index is 128. The highest BCUT2D eigenvalue weighted by Crippen LogP contribution is 2.36. The SMILES string of the molecule is CC(=O)C1CC1C=O. The lowest BCUT2D eigenvalue weighted by Crippen LogP contribution is -1.94. The van der Waals surface area contributed by atoms with Crippen LogP contribution in [0, 0.1) is 11.8 Å². The molecule has 0 bridgehead atoms. The first-order valence-corrected chi connectivity index (χ1v) is 2.71. The molecule has 0 aromatic heterocycles. The number of hydrogen-bond donors (Lipinski definition) is 0. The Morgan fingerprint density at radius 3 is 2.50 bits per heavy atom. The van der Waals surface area contributed by atoms with E-state index in [1.165, 1.54) is 6.92 Å². The average Bonchev–Trinajstić information content (AvgIpc) is 2.42. The van der Waals surface area contributed by atoms with Crippen molar-refractivity contribution in [3.05, 3.63) is 0 Å². The fraction of sp³-hybridized carbons (Fsp3) is 0.667. The minimum absolute atomic E-state index is 0.0625. The standard InChI is InChI=1S/C6H8O2/c1-4(8)6-2-5(6)3-7/h3,5-6H,2H2,1H3.